The Hall–Kier alpha value is -2.83. The lowest BCUT2D eigenvalue weighted by Gasteiger charge is -2.37. The molecular formula is C23H22O6. The van der Waals surface area contributed by atoms with Crippen LogP contribution in [0.5, 0.6) is 17.2 Å². The normalized spacial score (nSPS) is 23.7. The summed E-state index contributed by atoms with van der Waals surface area (Å²) in [5.74, 6) is 1.33. The molecule has 3 aliphatic heterocycles. The van der Waals surface area contributed by atoms with Gasteiger partial charge in [-0.2, -0.15) is 0 Å². The van der Waals surface area contributed by atoms with Gasteiger partial charge in [0.25, 0.3) is 0 Å². The molecule has 2 N–H and O–H groups in total. The van der Waals surface area contributed by atoms with E-state index in [-0.39, 0.29) is 31.7 Å². The molecule has 2 aromatic rings. The fourth-order valence-corrected chi connectivity index (χ4v) is 4.44. The van der Waals surface area contributed by atoms with Crippen molar-refractivity contribution in [2.45, 2.75) is 44.7 Å². The van der Waals surface area contributed by atoms with Crippen molar-refractivity contribution in [3.8, 4) is 17.2 Å². The van der Waals surface area contributed by atoms with Crippen molar-refractivity contribution < 1.29 is 29.2 Å². The van der Waals surface area contributed by atoms with E-state index >= 15 is 0 Å². The van der Waals surface area contributed by atoms with Crippen LogP contribution in [-0.4, -0.2) is 34.8 Å². The number of hydrogen-bond acceptors (Lipinski definition) is 6. The molecule has 0 fully saturated rings. The summed E-state index contributed by atoms with van der Waals surface area (Å²) >= 11 is 0. The molecule has 0 spiro atoms. The predicted molar refractivity (Wildman–Crippen MR) is 105 cm³/mol. The van der Waals surface area contributed by atoms with Crippen molar-refractivity contribution in [2.24, 2.45) is 0 Å². The molecule has 5 rings (SSSR count). The molecule has 0 aromatic heterocycles. The number of ether oxygens (including phenoxy) is 3. The molecular weight excluding hydrogens is 372 g/mol. The standard InChI is InChI=1S/C23H22O6/c1-11(2)18-7-16-17(28-18)4-3-14-22(26)21-15-5-12(8-24)13(9-25)6-19(15)27-10-20(21)29-23(14)16/h3-6,18,20-21,24-25H,1,7-10H2,2H3/t18-,20-,21+/m1/s1. The van der Waals surface area contributed by atoms with Gasteiger partial charge in [-0.15, -0.1) is 0 Å². The van der Waals surface area contributed by atoms with Gasteiger partial charge in [0.05, 0.1) is 24.7 Å². The number of carbonyl (C=O) groups is 1. The smallest absolute Gasteiger partial charge is 0.178 e. The topological polar surface area (TPSA) is 85.2 Å². The van der Waals surface area contributed by atoms with E-state index in [1.807, 2.05) is 13.0 Å². The molecule has 3 atom stereocenters. The van der Waals surface area contributed by atoms with Crippen molar-refractivity contribution in [3.63, 3.8) is 0 Å². The van der Waals surface area contributed by atoms with Crippen LogP contribution in [0, 0.1) is 0 Å². The number of benzene rings is 2. The highest BCUT2D eigenvalue weighted by atomic mass is 16.5. The third-order valence-electron chi connectivity index (χ3n) is 6.03. The number of rotatable bonds is 3. The van der Waals surface area contributed by atoms with Crippen LogP contribution in [0.3, 0.4) is 0 Å². The molecule has 29 heavy (non-hydrogen) atoms. The van der Waals surface area contributed by atoms with Gasteiger partial charge in [0.1, 0.15) is 36.1 Å². The summed E-state index contributed by atoms with van der Waals surface area (Å²) in [4.78, 5) is 13.5. The van der Waals surface area contributed by atoms with E-state index in [9.17, 15) is 15.0 Å². The molecule has 0 saturated heterocycles. The van der Waals surface area contributed by atoms with Crippen LogP contribution >= 0.6 is 0 Å². The third kappa shape index (κ3) is 2.67. The number of ketones is 1. The second-order valence-electron chi connectivity index (χ2n) is 7.86. The molecule has 3 heterocycles. The molecule has 0 bridgehead atoms. The number of carbonyl (C=O) groups excluding carboxylic acids is 1. The highest BCUT2D eigenvalue weighted by Crippen LogP contribution is 2.48. The highest BCUT2D eigenvalue weighted by Gasteiger charge is 2.45. The van der Waals surface area contributed by atoms with Crippen molar-refractivity contribution in [1.82, 2.24) is 0 Å². The first-order valence-electron chi connectivity index (χ1n) is 9.70. The summed E-state index contributed by atoms with van der Waals surface area (Å²) in [6, 6.07) is 7.04. The Balaban J connectivity index is 1.58. The molecule has 0 radical (unpaired) electrons. The van der Waals surface area contributed by atoms with Crippen LogP contribution in [0.4, 0.5) is 0 Å². The quantitative estimate of drug-likeness (QED) is 0.779. The zero-order valence-electron chi connectivity index (χ0n) is 16.1. The lowest BCUT2D eigenvalue weighted by molar-refractivity contribution is 0.0555. The molecule has 0 unspecified atom stereocenters. The van der Waals surface area contributed by atoms with Gasteiger partial charge in [-0.25, -0.2) is 0 Å². The first-order chi connectivity index (χ1) is 14.0. The van der Waals surface area contributed by atoms with Gasteiger partial charge in [-0.3, -0.25) is 4.79 Å². The number of fused-ring (bicyclic) bond motifs is 6. The van der Waals surface area contributed by atoms with Crippen molar-refractivity contribution in [3.05, 3.63) is 64.2 Å². The van der Waals surface area contributed by atoms with E-state index in [4.69, 9.17) is 14.2 Å². The van der Waals surface area contributed by atoms with E-state index in [0.717, 1.165) is 16.9 Å². The molecule has 6 heteroatoms. The Morgan fingerprint density at radius 1 is 1.14 bits per heavy atom. The maximum Gasteiger partial charge on any atom is 0.178 e. The van der Waals surface area contributed by atoms with Crippen LogP contribution in [0.2, 0.25) is 0 Å². The Bertz CT molecular complexity index is 1040. The summed E-state index contributed by atoms with van der Waals surface area (Å²) in [6.07, 6.45) is 0.0643. The minimum atomic E-state index is -0.512. The Morgan fingerprint density at radius 2 is 1.90 bits per heavy atom. The molecule has 6 nitrogen and oxygen atoms in total. The average molecular weight is 394 g/mol. The Kier molecular flexibility index (Phi) is 4.15. The monoisotopic (exact) mass is 394 g/mol. The predicted octanol–water partition coefficient (Wildman–Crippen LogP) is 2.67. The van der Waals surface area contributed by atoms with E-state index in [1.54, 1.807) is 18.2 Å². The average Bonchev–Trinajstić information content (AvgIpc) is 3.17. The summed E-state index contributed by atoms with van der Waals surface area (Å²) < 4.78 is 18.1. The lowest BCUT2D eigenvalue weighted by Crippen LogP contribution is -2.43. The van der Waals surface area contributed by atoms with Gasteiger partial charge >= 0.3 is 0 Å². The minimum Gasteiger partial charge on any atom is -0.489 e. The molecule has 2 aromatic carbocycles. The summed E-state index contributed by atoms with van der Waals surface area (Å²) in [7, 11) is 0. The maximum absolute atomic E-state index is 13.5. The van der Waals surface area contributed by atoms with Gasteiger partial charge in [0.15, 0.2) is 5.78 Å². The maximum atomic E-state index is 13.5. The number of Topliss-reactive ketones (excluding diaryl/α,β-unsaturated/α-hetero) is 1. The van der Waals surface area contributed by atoms with Crippen molar-refractivity contribution in [1.29, 1.82) is 0 Å². The first-order valence-corrected chi connectivity index (χ1v) is 9.70. The molecule has 0 aliphatic carbocycles. The summed E-state index contributed by atoms with van der Waals surface area (Å²) in [6.45, 7) is 5.71. The van der Waals surface area contributed by atoms with Crippen LogP contribution in [-0.2, 0) is 19.6 Å². The minimum absolute atomic E-state index is 0.0250. The first kappa shape index (κ1) is 18.2. The molecule has 0 saturated carbocycles. The summed E-state index contributed by atoms with van der Waals surface area (Å²) in [5, 5.41) is 19.2. The molecule has 3 aliphatic rings. The van der Waals surface area contributed by atoms with Gasteiger partial charge in [0, 0.05) is 17.5 Å². The highest BCUT2D eigenvalue weighted by molar-refractivity contribution is 6.05. The molecule has 0 amide bonds. The Morgan fingerprint density at radius 3 is 2.62 bits per heavy atom. The van der Waals surface area contributed by atoms with E-state index in [0.29, 0.717) is 40.2 Å². The van der Waals surface area contributed by atoms with Crippen LogP contribution in [0.1, 0.15) is 45.5 Å². The SMILES string of the molecule is C=C(C)[C@H]1Cc2c(ccc3c2O[C@@H]2COc4cc(CO)c(CO)cc4[C@@H]2C3=O)O1. The van der Waals surface area contributed by atoms with Crippen molar-refractivity contribution >= 4 is 5.78 Å². The van der Waals surface area contributed by atoms with Gasteiger partial charge in [0.2, 0.25) is 0 Å². The van der Waals surface area contributed by atoms with Gasteiger partial charge < -0.3 is 24.4 Å². The lowest BCUT2D eigenvalue weighted by atomic mass is 9.80. The van der Waals surface area contributed by atoms with Crippen LogP contribution in [0.15, 0.2) is 36.4 Å². The van der Waals surface area contributed by atoms with Crippen LogP contribution < -0.4 is 14.2 Å². The van der Waals surface area contributed by atoms with E-state index < -0.39 is 12.0 Å². The number of aliphatic hydroxyl groups excluding tert-OH is 2. The zero-order chi connectivity index (χ0) is 20.3. The second-order valence-corrected chi connectivity index (χ2v) is 7.86. The van der Waals surface area contributed by atoms with E-state index in [2.05, 4.69) is 6.58 Å². The van der Waals surface area contributed by atoms with Crippen molar-refractivity contribution in [2.75, 3.05) is 6.61 Å². The Labute approximate surface area is 168 Å². The fraction of sp³-hybridized carbons (Fsp3) is 0.348. The number of hydrogen-bond donors (Lipinski definition) is 2. The van der Waals surface area contributed by atoms with E-state index in [1.165, 1.54) is 0 Å². The van der Waals surface area contributed by atoms with Gasteiger partial charge in [-0.1, -0.05) is 6.58 Å². The number of aliphatic hydroxyl groups is 2. The fourth-order valence-electron chi connectivity index (χ4n) is 4.44. The summed E-state index contributed by atoms with van der Waals surface area (Å²) in [5.41, 5.74) is 4.24. The van der Waals surface area contributed by atoms with Crippen LogP contribution in [0.25, 0.3) is 0 Å². The largest absolute Gasteiger partial charge is 0.489 e. The third-order valence-corrected chi connectivity index (χ3v) is 6.03. The second kappa shape index (κ2) is 6.61. The van der Waals surface area contributed by atoms with Gasteiger partial charge in [-0.05, 0) is 47.9 Å². The molecule has 150 valence electrons. The zero-order valence-corrected chi connectivity index (χ0v) is 16.1.